The lowest BCUT2D eigenvalue weighted by Gasteiger charge is -2.03. The van der Waals surface area contributed by atoms with Gasteiger partial charge in [-0.05, 0) is 6.42 Å². The van der Waals surface area contributed by atoms with E-state index in [1.54, 1.807) is 0 Å². The lowest BCUT2D eigenvalue weighted by molar-refractivity contribution is 0.274. The van der Waals surface area contributed by atoms with E-state index in [-0.39, 0.29) is 0 Å². The predicted octanol–water partition coefficient (Wildman–Crippen LogP) is 5.01. The fraction of sp³-hybridized carbons (Fsp3) is 1.00. The van der Waals surface area contributed by atoms with Gasteiger partial charge >= 0.3 is 7.69 Å². The second-order valence-electron chi connectivity index (χ2n) is 5.57. The normalized spacial score (nSPS) is 10.8. The molecule has 0 amide bonds. The van der Waals surface area contributed by atoms with Crippen LogP contribution in [0.15, 0.2) is 0 Å². The summed E-state index contributed by atoms with van der Waals surface area (Å²) in [5, 5.41) is 8.32. The van der Waals surface area contributed by atoms with Crippen LogP contribution in [0.5, 0.6) is 0 Å². The van der Waals surface area contributed by atoms with Crippen molar-refractivity contribution in [3.63, 3.8) is 0 Å². The molecule has 0 unspecified atom stereocenters. The van der Waals surface area contributed by atoms with E-state index in [1.165, 1.54) is 83.5 Å². The number of hydrogen-bond donors (Lipinski definition) is 1. The highest BCUT2D eigenvalue weighted by molar-refractivity contribution is 6.15. The molecule has 0 aliphatic heterocycles. The standard InChI is InChI=1S/C16H34BO2/c1-2-3-4-5-6-7-8-9-10-11-12-13-14-15-16-19-17-18/h18H,2-16H2,1H3. The molecule has 113 valence electrons. The largest absolute Gasteiger partial charge is 0.485 e. The van der Waals surface area contributed by atoms with Gasteiger partial charge in [-0.15, -0.1) is 0 Å². The molecule has 0 aromatic rings. The van der Waals surface area contributed by atoms with E-state index in [0.29, 0.717) is 6.61 Å². The van der Waals surface area contributed by atoms with Gasteiger partial charge in [0.25, 0.3) is 0 Å². The molecule has 0 aliphatic rings. The highest BCUT2D eigenvalue weighted by atomic mass is 16.5. The molecule has 3 heteroatoms. The Morgan fingerprint density at radius 2 is 1.00 bits per heavy atom. The van der Waals surface area contributed by atoms with Gasteiger partial charge in [0.15, 0.2) is 0 Å². The van der Waals surface area contributed by atoms with Gasteiger partial charge in [0.2, 0.25) is 0 Å². The van der Waals surface area contributed by atoms with Gasteiger partial charge in [-0.2, -0.15) is 0 Å². The van der Waals surface area contributed by atoms with Crippen molar-refractivity contribution in [1.29, 1.82) is 0 Å². The van der Waals surface area contributed by atoms with Gasteiger partial charge in [0.05, 0.1) is 0 Å². The topological polar surface area (TPSA) is 29.5 Å². The second kappa shape index (κ2) is 18.0. The zero-order valence-electron chi connectivity index (χ0n) is 13.0. The third kappa shape index (κ3) is 18.0. The van der Waals surface area contributed by atoms with Crippen LogP contribution in [0.2, 0.25) is 0 Å². The minimum absolute atomic E-state index is 0.661. The summed E-state index contributed by atoms with van der Waals surface area (Å²) < 4.78 is 4.77. The molecule has 1 N–H and O–H groups in total. The average Bonchev–Trinajstić information content (AvgIpc) is 2.43. The first-order valence-corrected chi connectivity index (χ1v) is 8.49. The van der Waals surface area contributed by atoms with Gasteiger partial charge in [-0.25, -0.2) is 0 Å². The van der Waals surface area contributed by atoms with E-state index in [9.17, 15) is 0 Å². The van der Waals surface area contributed by atoms with Gasteiger partial charge in [0.1, 0.15) is 0 Å². The number of hydrogen-bond acceptors (Lipinski definition) is 2. The van der Waals surface area contributed by atoms with Crippen LogP contribution in [0.1, 0.15) is 96.8 Å². The fourth-order valence-electron chi connectivity index (χ4n) is 2.43. The molecule has 0 atom stereocenters. The fourth-order valence-corrected chi connectivity index (χ4v) is 2.43. The van der Waals surface area contributed by atoms with Gasteiger partial charge in [0, 0.05) is 6.61 Å². The van der Waals surface area contributed by atoms with Crippen LogP contribution in [0.3, 0.4) is 0 Å². The average molecular weight is 269 g/mol. The van der Waals surface area contributed by atoms with E-state index >= 15 is 0 Å². The van der Waals surface area contributed by atoms with Crippen LogP contribution in [0.25, 0.3) is 0 Å². The molecule has 0 fully saturated rings. The Morgan fingerprint density at radius 1 is 0.632 bits per heavy atom. The van der Waals surface area contributed by atoms with Crippen LogP contribution in [-0.4, -0.2) is 19.3 Å². The Morgan fingerprint density at radius 3 is 1.37 bits per heavy atom. The van der Waals surface area contributed by atoms with E-state index in [1.807, 2.05) is 0 Å². The van der Waals surface area contributed by atoms with Crippen molar-refractivity contribution >= 4 is 7.69 Å². The van der Waals surface area contributed by atoms with Crippen molar-refractivity contribution < 1.29 is 9.68 Å². The lowest BCUT2D eigenvalue weighted by atomic mass is 10.0. The van der Waals surface area contributed by atoms with Crippen molar-refractivity contribution in [3.8, 4) is 0 Å². The maximum absolute atomic E-state index is 8.32. The van der Waals surface area contributed by atoms with Crippen LogP contribution in [0.4, 0.5) is 0 Å². The zero-order chi connectivity index (χ0) is 14.0. The summed E-state index contributed by atoms with van der Waals surface area (Å²) >= 11 is 0. The van der Waals surface area contributed by atoms with E-state index in [4.69, 9.17) is 9.68 Å². The maximum Gasteiger partial charge on any atom is 0.485 e. The van der Waals surface area contributed by atoms with Gasteiger partial charge in [-0.3, -0.25) is 0 Å². The summed E-state index contributed by atoms with van der Waals surface area (Å²) in [6, 6.07) is 0. The smallest absolute Gasteiger partial charge is 0.429 e. The third-order valence-electron chi connectivity index (χ3n) is 3.69. The molecule has 0 heterocycles. The lowest BCUT2D eigenvalue weighted by Crippen LogP contribution is -1.98. The van der Waals surface area contributed by atoms with Crippen LogP contribution in [0, 0.1) is 0 Å². The Hall–Kier alpha value is -0.0151. The van der Waals surface area contributed by atoms with Gasteiger partial charge in [-0.1, -0.05) is 90.4 Å². The Bertz CT molecular complexity index is 138. The maximum atomic E-state index is 8.32. The minimum Gasteiger partial charge on any atom is -0.429 e. The molecule has 0 saturated heterocycles. The van der Waals surface area contributed by atoms with Crippen molar-refractivity contribution in [1.82, 2.24) is 0 Å². The van der Waals surface area contributed by atoms with E-state index in [0.717, 1.165) is 14.1 Å². The van der Waals surface area contributed by atoms with Crippen LogP contribution in [-0.2, 0) is 4.65 Å². The number of unbranched alkanes of at least 4 members (excludes halogenated alkanes) is 13. The quantitative estimate of drug-likeness (QED) is 0.315. The summed E-state index contributed by atoms with van der Waals surface area (Å²) in [6.45, 7) is 2.94. The summed E-state index contributed by atoms with van der Waals surface area (Å²) in [5.41, 5.74) is 0. The Labute approximate surface area is 121 Å². The van der Waals surface area contributed by atoms with Crippen molar-refractivity contribution in [2.24, 2.45) is 0 Å². The molecule has 1 radical (unpaired) electrons. The molecule has 0 spiro atoms. The van der Waals surface area contributed by atoms with Crippen molar-refractivity contribution in [2.45, 2.75) is 96.8 Å². The Balaban J connectivity index is 2.88. The molecule has 0 aliphatic carbocycles. The van der Waals surface area contributed by atoms with Crippen LogP contribution < -0.4 is 0 Å². The summed E-state index contributed by atoms with van der Waals surface area (Å²) in [4.78, 5) is 0. The third-order valence-corrected chi connectivity index (χ3v) is 3.69. The number of rotatable bonds is 16. The highest BCUT2D eigenvalue weighted by Gasteiger charge is 1.94. The monoisotopic (exact) mass is 269 g/mol. The summed E-state index contributed by atoms with van der Waals surface area (Å²) in [6.07, 6.45) is 19.2. The first-order chi connectivity index (χ1) is 9.41. The Kier molecular flexibility index (Phi) is 18.0. The molecule has 0 bridgehead atoms. The molecular formula is C16H34BO2. The molecule has 0 rings (SSSR count). The molecule has 19 heavy (non-hydrogen) atoms. The van der Waals surface area contributed by atoms with Crippen LogP contribution >= 0.6 is 0 Å². The molecule has 0 saturated carbocycles. The SMILES string of the molecule is CCCCCCCCCCCCCCCCO[B]O. The highest BCUT2D eigenvalue weighted by Crippen LogP contribution is 2.12. The van der Waals surface area contributed by atoms with E-state index in [2.05, 4.69) is 6.92 Å². The predicted molar refractivity (Wildman–Crippen MR) is 84.2 cm³/mol. The first-order valence-electron chi connectivity index (χ1n) is 8.49. The molecule has 0 aromatic carbocycles. The molecule has 2 nitrogen and oxygen atoms in total. The zero-order valence-corrected chi connectivity index (χ0v) is 13.0. The molecular weight excluding hydrogens is 235 g/mol. The van der Waals surface area contributed by atoms with E-state index < -0.39 is 0 Å². The molecule has 0 aromatic heterocycles. The minimum atomic E-state index is 0.661. The first kappa shape index (κ1) is 19.0. The second-order valence-corrected chi connectivity index (χ2v) is 5.57. The summed E-state index contributed by atoms with van der Waals surface area (Å²) in [5.74, 6) is 0. The van der Waals surface area contributed by atoms with Crippen molar-refractivity contribution in [3.05, 3.63) is 0 Å². The summed E-state index contributed by atoms with van der Waals surface area (Å²) in [7, 11) is 0.794. The van der Waals surface area contributed by atoms with Crippen molar-refractivity contribution in [2.75, 3.05) is 6.61 Å². The van der Waals surface area contributed by atoms with Gasteiger partial charge < -0.3 is 9.68 Å².